The number of carbonyl (C=O) groups is 1. The van der Waals surface area contributed by atoms with Gasteiger partial charge < -0.3 is 10.2 Å². The number of hydrogen-bond donors (Lipinski definition) is 2. The number of hydrogen-bond acceptors (Lipinski definition) is 2. The fourth-order valence-corrected chi connectivity index (χ4v) is 2.29. The van der Waals surface area contributed by atoms with E-state index < -0.39 is 5.97 Å². The molecule has 0 aromatic heterocycles. The summed E-state index contributed by atoms with van der Waals surface area (Å²) >= 11 is 0. The number of carboxylic acids is 1. The first kappa shape index (κ1) is 12.4. The lowest BCUT2D eigenvalue weighted by Crippen LogP contribution is -2.01. The van der Waals surface area contributed by atoms with Gasteiger partial charge in [0.25, 0.3) is 0 Å². The second-order valence-electron chi connectivity index (χ2n) is 4.55. The molecule has 0 heterocycles. The van der Waals surface area contributed by atoms with Gasteiger partial charge in [0.05, 0.1) is 0 Å². The Bertz CT molecular complexity index is 575. The minimum Gasteiger partial charge on any atom is -0.508 e. The number of phenols is 1. The molecule has 0 amide bonds. The second-order valence-corrected chi connectivity index (χ2v) is 4.55. The highest BCUT2D eigenvalue weighted by atomic mass is 16.4. The van der Waals surface area contributed by atoms with Crippen LogP contribution in [-0.2, 0) is 4.79 Å². The zero-order valence-corrected chi connectivity index (χ0v) is 10.3. The molecule has 3 heteroatoms. The molecule has 2 rings (SSSR count). The van der Waals surface area contributed by atoms with Gasteiger partial charge in [0, 0.05) is 12.0 Å². The summed E-state index contributed by atoms with van der Waals surface area (Å²) in [6.45, 7) is 1.95. The first-order chi connectivity index (χ1) is 8.59. The largest absolute Gasteiger partial charge is 0.508 e. The third kappa shape index (κ3) is 2.45. The molecule has 0 aliphatic rings. The quantitative estimate of drug-likeness (QED) is 0.865. The van der Waals surface area contributed by atoms with Crippen LogP contribution in [0.3, 0.4) is 0 Å². The van der Waals surface area contributed by atoms with E-state index in [2.05, 4.69) is 0 Å². The fourth-order valence-electron chi connectivity index (χ4n) is 2.29. The van der Waals surface area contributed by atoms with Crippen molar-refractivity contribution in [1.29, 1.82) is 0 Å². The van der Waals surface area contributed by atoms with Crippen LogP contribution in [0, 0.1) is 0 Å². The Morgan fingerprint density at radius 2 is 1.94 bits per heavy atom. The van der Waals surface area contributed by atoms with Gasteiger partial charge in [0.1, 0.15) is 5.75 Å². The molecule has 2 aromatic carbocycles. The van der Waals surface area contributed by atoms with Gasteiger partial charge in [-0.3, -0.25) is 4.79 Å². The number of carboxylic acid groups (broad SMARTS) is 1. The van der Waals surface area contributed by atoms with E-state index in [0.717, 1.165) is 16.3 Å². The van der Waals surface area contributed by atoms with Crippen molar-refractivity contribution < 1.29 is 15.0 Å². The van der Waals surface area contributed by atoms with Crippen LogP contribution >= 0.6 is 0 Å². The Labute approximate surface area is 106 Å². The summed E-state index contributed by atoms with van der Waals surface area (Å²) in [6, 6.07) is 11.4. The maximum Gasteiger partial charge on any atom is 0.303 e. The van der Waals surface area contributed by atoms with E-state index in [-0.39, 0.29) is 18.1 Å². The normalized spacial score (nSPS) is 12.5. The molecule has 0 aliphatic carbocycles. The van der Waals surface area contributed by atoms with Gasteiger partial charge in [-0.15, -0.1) is 0 Å². The van der Waals surface area contributed by atoms with Crippen LogP contribution in [0.1, 0.15) is 31.2 Å². The molecule has 2 N–H and O–H groups in total. The molecule has 0 bridgehead atoms. The van der Waals surface area contributed by atoms with E-state index in [9.17, 15) is 9.90 Å². The monoisotopic (exact) mass is 244 g/mol. The minimum atomic E-state index is -0.804. The third-order valence-electron chi connectivity index (χ3n) is 3.23. The number of rotatable bonds is 4. The highest BCUT2D eigenvalue weighted by molar-refractivity contribution is 5.88. The number of fused-ring (bicyclic) bond motifs is 1. The Morgan fingerprint density at radius 3 is 2.67 bits per heavy atom. The average molecular weight is 244 g/mol. The SMILES string of the molecule is CC(CCC(=O)O)c1c(O)ccc2ccccc12. The van der Waals surface area contributed by atoms with Crippen LogP contribution < -0.4 is 0 Å². The van der Waals surface area contributed by atoms with Crippen LogP contribution in [0.25, 0.3) is 10.8 Å². The lowest BCUT2D eigenvalue weighted by atomic mass is 9.90. The summed E-state index contributed by atoms with van der Waals surface area (Å²) in [5.74, 6) is -0.541. The maximum atomic E-state index is 10.6. The van der Waals surface area contributed by atoms with Crippen molar-refractivity contribution >= 4 is 16.7 Å². The lowest BCUT2D eigenvalue weighted by molar-refractivity contribution is -0.137. The van der Waals surface area contributed by atoms with Gasteiger partial charge in [-0.25, -0.2) is 0 Å². The molecule has 1 unspecified atom stereocenters. The van der Waals surface area contributed by atoms with E-state index in [1.807, 2.05) is 37.3 Å². The van der Waals surface area contributed by atoms with Crippen molar-refractivity contribution in [1.82, 2.24) is 0 Å². The number of aromatic hydroxyl groups is 1. The van der Waals surface area contributed by atoms with Crippen molar-refractivity contribution in [2.45, 2.75) is 25.7 Å². The van der Waals surface area contributed by atoms with Crippen LogP contribution in [0.15, 0.2) is 36.4 Å². The van der Waals surface area contributed by atoms with E-state index >= 15 is 0 Å². The second kappa shape index (κ2) is 5.08. The van der Waals surface area contributed by atoms with Crippen LogP contribution in [0.2, 0.25) is 0 Å². The maximum absolute atomic E-state index is 10.6. The van der Waals surface area contributed by atoms with Crippen molar-refractivity contribution in [2.75, 3.05) is 0 Å². The molecule has 0 spiro atoms. The predicted molar refractivity (Wildman–Crippen MR) is 70.9 cm³/mol. The van der Waals surface area contributed by atoms with Crippen molar-refractivity contribution in [3.8, 4) is 5.75 Å². The van der Waals surface area contributed by atoms with Crippen molar-refractivity contribution in [3.63, 3.8) is 0 Å². The van der Waals surface area contributed by atoms with Crippen LogP contribution in [0.4, 0.5) is 0 Å². The minimum absolute atomic E-state index is 0.0206. The fraction of sp³-hybridized carbons (Fsp3) is 0.267. The summed E-state index contributed by atoms with van der Waals surface area (Å²) in [5.41, 5.74) is 0.842. The number of phenolic OH excluding ortho intramolecular Hbond substituents is 1. The predicted octanol–water partition coefficient (Wildman–Crippen LogP) is 3.51. The summed E-state index contributed by atoms with van der Waals surface area (Å²) in [5, 5.41) is 20.8. The molecular weight excluding hydrogens is 228 g/mol. The molecular formula is C15H16O3. The van der Waals surface area contributed by atoms with Crippen LogP contribution in [0.5, 0.6) is 5.75 Å². The Hall–Kier alpha value is -2.03. The molecule has 0 saturated carbocycles. The molecule has 0 fully saturated rings. The zero-order chi connectivity index (χ0) is 13.1. The average Bonchev–Trinajstić information content (AvgIpc) is 2.36. The topological polar surface area (TPSA) is 57.5 Å². The molecule has 3 nitrogen and oxygen atoms in total. The van der Waals surface area contributed by atoms with Gasteiger partial charge in [0.2, 0.25) is 0 Å². The highest BCUT2D eigenvalue weighted by Crippen LogP contribution is 2.35. The molecule has 0 saturated heterocycles. The number of benzene rings is 2. The summed E-state index contributed by atoms with van der Waals surface area (Å²) in [4.78, 5) is 10.6. The summed E-state index contributed by atoms with van der Waals surface area (Å²) in [7, 11) is 0. The zero-order valence-electron chi connectivity index (χ0n) is 10.3. The van der Waals surface area contributed by atoms with Crippen molar-refractivity contribution in [2.24, 2.45) is 0 Å². The summed E-state index contributed by atoms with van der Waals surface area (Å²) in [6.07, 6.45) is 0.640. The Morgan fingerprint density at radius 1 is 1.22 bits per heavy atom. The van der Waals surface area contributed by atoms with Crippen LogP contribution in [-0.4, -0.2) is 16.2 Å². The number of aliphatic carboxylic acids is 1. The van der Waals surface area contributed by atoms with E-state index in [1.165, 1.54) is 0 Å². The molecule has 2 aromatic rings. The van der Waals surface area contributed by atoms with E-state index in [4.69, 9.17) is 5.11 Å². The Kier molecular flexibility index (Phi) is 3.51. The molecule has 94 valence electrons. The third-order valence-corrected chi connectivity index (χ3v) is 3.23. The molecule has 0 aliphatic heterocycles. The van der Waals surface area contributed by atoms with Gasteiger partial charge >= 0.3 is 5.97 Å². The first-order valence-electron chi connectivity index (χ1n) is 6.02. The van der Waals surface area contributed by atoms with Gasteiger partial charge in [-0.1, -0.05) is 37.3 Å². The van der Waals surface area contributed by atoms with Gasteiger partial charge in [-0.2, -0.15) is 0 Å². The Balaban J connectivity index is 2.42. The molecule has 18 heavy (non-hydrogen) atoms. The van der Waals surface area contributed by atoms with E-state index in [0.29, 0.717) is 6.42 Å². The molecule has 1 atom stereocenters. The highest BCUT2D eigenvalue weighted by Gasteiger charge is 2.15. The summed E-state index contributed by atoms with van der Waals surface area (Å²) < 4.78 is 0. The van der Waals surface area contributed by atoms with Gasteiger partial charge in [0.15, 0.2) is 0 Å². The lowest BCUT2D eigenvalue weighted by Gasteiger charge is -2.15. The van der Waals surface area contributed by atoms with Gasteiger partial charge in [-0.05, 0) is 29.2 Å². The standard InChI is InChI=1S/C15H16O3/c1-10(6-9-14(17)18)15-12-5-3-2-4-11(12)7-8-13(15)16/h2-5,7-8,10,16H,6,9H2,1H3,(H,17,18). The first-order valence-corrected chi connectivity index (χ1v) is 6.02. The van der Waals surface area contributed by atoms with E-state index in [1.54, 1.807) is 6.07 Å². The molecule has 0 radical (unpaired) electrons. The smallest absolute Gasteiger partial charge is 0.303 e. The van der Waals surface area contributed by atoms with Crippen molar-refractivity contribution in [3.05, 3.63) is 42.0 Å².